The molecule has 0 unspecified atom stereocenters. The molecule has 10 N–H and O–H groups in total. The number of aromatic nitrogens is 1. The van der Waals surface area contributed by atoms with Crippen LogP contribution in [-0.4, -0.2) is 92.6 Å². The molecule has 0 spiro atoms. The second-order valence-corrected chi connectivity index (χ2v) is 10.6. The SMILES string of the molecule is CC(C)C[C@H](NC(=O)[C@H](Cc1c[nH]c2ccccc12)NC(=O)[C@H](CCC(=O)O)NC(=O)[C@@H](N)CC(=O)O)C(=O)NCC(=O)O. The number of hydrogen-bond acceptors (Lipinski definition) is 8. The molecule has 1 heterocycles. The summed E-state index contributed by atoms with van der Waals surface area (Å²) in [6.07, 6.45) is -0.00886. The van der Waals surface area contributed by atoms with Crippen molar-refractivity contribution < 1.29 is 48.9 Å². The van der Waals surface area contributed by atoms with Gasteiger partial charge in [0.25, 0.3) is 0 Å². The number of carbonyl (C=O) groups excluding carboxylic acids is 4. The fraction of sp³-hybridized carbons (Fsp3) is 0.464. The van der Waals surface area contributed by atoms with Crippen LogP contribution in [0.4, 0.5) is 0 Å². The van der Waals surface area contributed by atoms with Crippen LogP contribution in [0.1, 0.15) is 45.1 Å². The number of aliphatic carboxylic acids is 3. The first-order chi connectivity index (χ1) is 20.7. The summed E-state index contributed by atoms with van der Waals surface area (Å²) in [6.45, 7) is 2.91. The number of hydrogen-bond donors (Lipinski definition) is 9. The average Bonchev–Trinajstić information content (AvgIpc) is 3.34. The molecule has 4 atom stereocenters. The summed E-state index contributed by atoms with van der Waals surface area (Å²) in [6, 6.07) is 1.64. The van der Waals surface area contributed by atoms with E-state index >= 15 is 0 Å². The molecule has 1 aromatic heterocycles. The maximum atomic E-state index is 13.6. The summed E-state index contributed by atoms with van der Waals surface area (Å²) in [7, 11) is 0. The number of fused-ring (bicyclic) bond motifs is 1. The predicted molar refractivity (Wildman–Crippen MR) is 155 cm³/mol. The van der Waals surface area contributed by atoms with Crippen molar-refractivity contribution >= 4 is 52.4 Å². The molecular formula is C28H38N6O10. The standard InChI is InChI=1S/C28H38N6O10/c1-14(2)9-20(26(42)31-13-24(39)40)33-28(44)21(10-15-12-30-18-6-4-3-5-16(15)18)34-27(43)19(7-8-22(35)36)32-25(41)17(29)11-23(37)38/h3-6,12,14,17,19-21,30H,7-11,13,29H2,1-2H3,(H,31,42)(H,32,41)(H,33,44)(H,34,43)(H,35,36)(H,37,38)(H,39,40)/t17-,19-,20-,21-/m0/s1. The molecule has 1 aromatic carbocycles. The summed E-state index contributed by atoms with van der Waals surface area (Å²) in [5, 5.41) is 37.4. The molecule has 0 saturated heterocycles. The molecule has 0 fully saturated rings. The molecule has 2 aromatic rings. The number of amides is 4. The first-order valence-electron chi connectivity index (χ1n) is 13.8. The molecule has 0 aliphatic heterocycles. The Labute approximate surface area is 252 Å². The summed E-state index contributed by atoms with van der Waals surface area (Å²) in [5.41, 5.74) is 6.96. The highest BCUT2D eigenvalue weighted by Crippen LogP contribution is 2.19. The first kappa shape index (κ1) is 35.2. The average molecular weight is 619 g/mol. The highest BCUT2D eigenvalue weighted by Gasteiger charge is 2.32. The van der Waals surface area contributed by atoms with E-state index in [-0.39, 0.29) is 18.8 Å². The third-order valence-electron chi connectivity index (χ3n) is 6.50. The molecule has 0 bridgehead atoms. The summed E-state index contributed by atoms with van der Waals surface area (Å²) < 4.78 is 0. The number of aromatic amines is 1. The normalized spacial score (nSPS) is 13.7. The first-order valence-corrected chi connectivity index (χ1v) is 13.8. The van der Waals surface area contributed by atoms with Gasteiger partial charge in [0.2, 0.25) is 23.6 Å². The van der Waals surface area contributed by atoms with Crippen LogP contribution in [0, 0.1) is 5.92 Å². The highest BCUT2D eigenvalue weighted by molar-refractivity contribution is 5.96. The third kappa shape index (κ3) is 11.4. The predicted octanol–water partition coefficient (Wildman–Crippen LogP) is -0.921. The number of nitrogens with two attached hydrogens (primary N) is 1. The number of carbonyl (C=O) groups is 7. The maximum Gasteiger partial charge on any atom is 0.322 e. The quantitative estimate of drug-likeness (QED) is 0.0985. The van der Waals surface area contributed by atoms with E-state index < -0.39 is 91.5 Å². The van der Waals surface area contributed by atoms with Crippen LogP contribution < -0.4 is 27.0 Å². The lowest BCUT2D eigenvalue weighted by molar-refractivity contribution is -0.140. The molecule has 240 valence electrons. The van der Waals surface area contributed by atoms with Gasteiger partial charge in [0, 0.05) is 29.9 Å². The zero-order valence-electron chi connectivity index (χ0n) is 24.3. The minimum Gasteiger partial charge on any atom is -0.481 e. The number of rotatable bonds is 18. The Hall–Kier alpha value is -4.99. The smallest absolute Gasteiger partial charge is 0.322 e. The largest absolute Gasteiger partial charge is 0.481 e. The lowest BCUT2D eigenvalue weighted by Gasteiger charge is -2.26. The molecule has 0 aliphatic rings. The van der Waals surface area contributed by atoms with Crippen LogP contribution in [0.15, 0.2) is 30.5 Å². The van der Waals surface area contributed by atoms with Gasteiger partial charge in [0.15, 0.2) is 0 Å². The van der Waals surface area contributed by atoms with Crippen molar-refractivity contribution in [2.75, 3.05) is 6.54 Å². The second kappa shape index (κ2) is 16.6. The van der Waals surface area contributed by atoms with E-state index in [0.717, 1.165) is 10.9 Å². The Kier molecular flexibility index (Phi) is 13.3. The number of carboxylic acid groups (broad SMARTS) is 3. The molecule has 0 aliphatic carbocycles. The van der Waals surface area contributed by atoms with Gasteiger partial charge in [-0.3, -0.25) is 33.6 Å². The third-order valence-corrected chi connectivity index (χ3v) is 6.50. The van der Waals surface area contributed by atoms with Crippen LogP contribution in [0.5, 0.6) is 0 Å². The number of nitrogens with one attached hydrogen (secondary N) is 5. The zero-order chi connectivity index (χ0) is 33.0. The lowest BCUT2D eigenvalue weighted by Crippen LogP contribution is -2.58. The van der Waals surface area contributed by atoms with Crippen LogP contribution in [0.2, 0.25) is 0 Å². The van der Waals surface area contributed by atoms with E-state index in [1.165, 1.54) is 0 Å². The summed E-state index contributed by atoms with van der Waals surface area (Å²) >= 11 is 0. The van der Waals surface area contributed by atoms with Crippen molar-refractivity contribution in [3.05, 3.63) is 36.0 Å². The van der Waals surface area contributed by atoms with Gasteiger partial charge in [-0.1, -0.05) is 32.0 Å². The Morgan fingerprint density at radius 3 is 2.02 bits per heavy atom. The fourth-order valence-electron chi connectivity index (χ4n) is 4.36. The van der Waals surface area contributed by atoms with Gasteiger partial charge >= 0.3 is 17.9 Å². The van der Waals surface area contributed by atoms with Crippen molar-refractivity contribution in [1.82, 2.24) is 26.3 Å². The van der Waals surface area contributed by atoms with E-state index in [1.807, 2.05) is 0 Å². The van der Waals surface area contributed by atoms with Crippen LogP contribution in [-0.2, 0) is 40.0 Å². The molecule has 2 rings (SSSR count). The second-order valence-electron chi connectivity index (χ2n) is 10.6. The van der Waals surface area contributed by atoms with E-state index in [0.29, 0.717) is 5.56 Å². The van der Waals surface area contributed by atoms with Crippen LogP contribution >= 0.6 is 0 Å². The van der Waals surface area contributed by atoms with Crippen LogP contribution in [0.25, 0.3) is 10.9 Å². The van der Waals surface area contributed by atoms with Gasteiger partial charge in [-0.2, -0.15) is 0 Å². The van der Waals surface area contributed by atoms with Gasteiger partial charge in [-0.05, 0) is 30.4 Å². The van der Waals surface area contributed by atoms with Gasteiger partial charge in [-0.25, -0.2) is 0 Å². The molecule has 0 radical (unpaired) electrons. The van der Waals surface area contributed by atoms with Crippen LogP contribution in [0.3, 0.4) is 0 Å². The molecule has 44 heavy (non-hydrogen) atoms. The molecule has 16 heteroatoms. The van der Waals surface area contributed by atoms with Crippen molar-refractivity contribution in [3.63, 3.8) is 0 Å². The number of carboxylic acids is 3. The lowest BCUT2D eigenvalue weighted by atomic mass is 10.00. The number of para-hydroxylation sites is 1. The summed E-state index contributed by atoms with van der Waals surface area (Å²) in [5.74, 6) is -7.52. The van der Waals surface area contributed by atoms with E-state index in [1.54, 1.807) is 44.3 Å². The minimum atomic E-state index is -1.53. The van der Waals surface area contributed by atoms with E-state index in [2.05, 4.69) is 26.3 Å². The monoisotopic (exact) mass is 618 g/mol. The highest BCUT2D eigenvalue weighted by atomic mass is 16.4. The van der Waals surface area contributed by atoms with Gasteiger partial charge in [0.05, 0.1) is 12.5 Å². The Morgan fingerprint density at radius 1 is 0.795 bits per heavy atom. The van der Waals surface area contributed by atoms with Crippen molar-refractivity contribution in [1.29, 1.82) is 0 Å². The molecule has 16 nitrogen and oxygen atoms in total. The van der Waals surface area contributed by atoms with Crippen molar-refractivity contribution in [2.45, 2.75) is 70.1 Å². The van der Waals surface area contributed by atoms with Gasteiger partial charge in [0.1, 0.15) is 24.7 Å². The topological polar surface area (TPSA) is 270 Å². The number of H-pyrrole nitrogens is 1. The van der Waals surface area contributed by atoms with Crippen molar-refractivity contribution in [3.8, 4) is 0 Å². The molecule has 0 saturated carbocycles. The molecule has 4 amide bonds. The fourth-order valence-corrected chi connectivity index (χ4v) is 4.36. The Morgan fingerprint density at radius 2 is 1.41 bits per heavy atom. The van der Waals surface area contributed by atoms with E-state index in [9.17, 15) is 33.6 Å². The van der Waals surface area contributed by atoms with Gasteiger partial charge in [-0.15, -0.1) is 0 Å². The van der Waals surface area contributed by atoms with Crippen molar-refractivity contribution in [2.24, 2.45) is 11.7 Å². The minimum absolute atomic E-state index is 0.0924. The zero-order valence-corrected chi connectivity index (χ0v) is 24.3. The van der Waals surface area contributed by atoms with Gasteiger partial charge < -0.3 is 47.3 Å². The Balaban J connectivity index is 2.38. The molecular weight excluding hydrogens is 580 g/mol. The number of benzene rings is 1. The maximum absolute atomic E-state index is 13.6. The van der Waals surface area contributed by atoms with E-state index in [4.69, 9.17) is 21.1 Å². The summed E-state index contributed by atoms with van der Waals surface area (Å²) in [4.78, 5) is 88.5. The Bertz CT molecular complexity index is 1370.